The topological polar surface area (TPSA) is 62.2 Å². The number of hydrogen-bond acceptors (Lipinski definition) is 3. The molecule has 17 heavy (non-hydrogen) atoms. The predicted octanol–water partition coefficient (Wildman–Crippen LogP) is 2.12. The van der Waals surface area contributed by atoms with E-state index < -0.39 is 5.60 Å². The summed E-state index contributed by atoms with van der Waals surface area (Å²) in [5, 5.41) is 12.8. The molecular weight excluding hydrogens is 284 g/mol. The summed E-state index contributed by atoms with van der Waals surface area (Å²) in [5.74, 6) is -0.201. The van der Waals surface area contributed by atoms with Crippen molar-refractivity contribution in [2.75, 3.05) is 6.54 Å². The first kappa shape index (κ1) is 14.1. The minimum Gasteiger partial charge on any atom is -0.388 e. The minimum atomic E-state index is -0.820. The van der Waals surface area contributed by atoms with Gasteiger partial charge in [-0.15, -0.1) is 0 Å². The molecule has 0 saturated carbocycles. The predicted molar refractivity (Wildman–Crippen MR) is 69.8 cm³/mol. The Morgan fingerprint density at radius 3 is 2.71 bits per heavy atom. The quantitative estimate of drug-likeness (QED) is 0.819. The first-order valence-electron chi connectivity index (χ1n) is 5.63. The highest BCUT2D eigenvalue weighted by Crippen LogP contribution is 2.13. The van der Waals surface area contributed by atoms with E-state index in [9.17, 15) is 9.90 Å². The van der Waals surface area contributed by atoms with Crippen molar-refractivity contribution in [2.24, 2.45) is 0 Å². The smallest absolute Gasteiger partial charge is 0.251 e. The van der Waals surface area contributed by atoms with Crippen molar-refractivity contribution in [3.8, 4) is 0 Å². The standard InChI is InChI=1S/C12H17BrN2O2/c1-3-12(17,4-2)8-15-11(16)9-5-6-14-10(13)7-9/h5-7,17H,3-4,8H2,1-2H3,(H,15,16). The summed E-state index contributed by atoms with van der Waals surface area (Å²) in [6.07, 6.45) is 2.79. The number of hydrogen-bond donors (Lipinski definition) is 2. The zero-order valence-electron chi connectivity index (χ0n) is 10.0. The van der Waals surface area contributed by atoms with Crippen molar-refractivity contribution >= 4 is 21.8 Å². The Hall–Kier alpha value is -0.940. The molecule has 0 radical (unpaired) electrons. The third kappa shape index (κ3) is 4.09. The molecule has 1 aromatic rings. The zero-order valence-corrected chi connectivity index (χ0v) is 11.6. The number of nitrogens with one attached hydrogen (secondary N) is 1. The van der Waals surface area contributed by atoms with Crippen molar-refractivity contribution < 1.29 is 9.90 Å². The maximum atomic E-state index is 11.8. The first-order chi connectivity index (χ1) is 8.00. The molecule has 0 aromatic carbocycles. The molecule has 1 aromatic heterocycles. The Morgan fingerprint density at radius 2 is 2.18 bits per heavy atom. The molecule has 0 spiro atoms. The van der Waals surface area contributed by atoms with Gasteiger partial charge >= 0.3 is 0 Å². The number of nitrogens with zero attached hydrogens (tertiary/aromatic N) is 1. The molecule has 5 heteroatoms. The maximum Gasteiger partial charge on any atom is 0.251 e. The lowest BCUT2D eigenvalue weighted by Crippen LogP contribution is -2.42. The van der Waals surface area contributed by atoms with Gasteiger partial charge in [0.2, 0.25) is 0 Å². The number of pyridine rings is 1. The van der Waals surface area contributed by atoms with Gasteiger partial charge in [-0.2, -0.15) is 0 Å². The van der Waals surface area contributed by atoms with Gasteiger partial charge in [-0.25, -0.2) is 4.98 Å². The fourth-order valence-corrected chi connectivity index (χ4v) is 1.76. The van der Waals surface area contributed by atoms with Gasteiger partial charge in [0.05, 0.1) is 5.60 Å². The van der Waals surface area contributed by atoms with E-state index in [1.807, 2.05) is 13.8 Å². The number of halogens is 1. The van der Waals surface area contributed by atoms with Crippen LogP contribution in [0.5, 0.6) is 0 Å². The Balaban J connectivity index is 2.62. The molecule has 4 nitrogen and oxygen atoms in total. The number of rotatable bonds is 5. The molecule has 0 aliphatic heterocycles. The van der Waals surface area contributed by atoms with Crippen LogP contribution in [0.4, 0.5) is 0 Å². The molecule has 1 heterocycles. The lowest BCUT2D eigenvalue weighted by Gasteiger charge is -2.25. The van der Waals surface area contributed by atoms with Crippen molar-refractivity contribution in [1.29, 1.82) is 0 Å². The zero-order chi connectivity index (χ0) is 12.9. The van der Waals surface area contributed by atoms with E-state index >= 15 is 0 Å². The minimum absolute atomic E-state index is 0.201. The second kappa shape index (κ2) is 6.12. The van der Waals surface area contributed by atoms with Crippen LogP contribution in [0.3, 0.4) is 0 Å². The Bertz CT molecular complexity index is 392. The van der Waals surface area contributed by atoms with Crippen molar-refractivity contribution in [1.82, 2.24) is 10.3 Å². The molecule has 2 N–H and O–H groups in total. The Kier molecular flexibility index (Phi) is 5.08. The molecule has 1 rings (SSSR count). The van der Waals surface area contributed by atoms with E-state index in [1.54, 1.807) is 18.3 Å². The monoisotopic (exact) mass is 300 g/mol. The van der Waals surface area contributed by atoms with Crippen LogP contribution in [-0.4, -0.2) is 28.1 Å². The van der Waals surface area contributed by atoms with Crippen LogP contribution in [-0.2, 0) is 0 Å². The van der Waals surface area contributed by atoms with Gasteiger partial charge in [0.1, 0.15) is 4.60 Å². The Morgan fingerprint density at radius 1 is 1.53 bits per heavy atom. The van der Waals surface area contributed by atoms with Gasteiger partial charge in [0, 0.05) is 18.3 Å². The van der Waals surface area contributed by atoms with Crippen LogP contribution in [0.25, 0.3) is 0 Å². The third-order valence-corrected chi connectivity index (χ3v) is 3.32. The summed E-state index contributed by atoms with van der Waals surface area (Å²) in [4.78, 5) is 15.8. The van der Waals surface area contributed by atoms with Gasteiger partial charge in [-0.3, -0.25) is 4.79 Å². The van der Waals surface area contributed by atoms with E-state index in [0.29, 0.717) is 23.0 Å². The van der Waals surface area contributed by atoms with Gasteiger partial charge < -0.3 is 10.4 Å². The highest BCUT2D eigenvalue weighted by molar-refractivity contribution is 9.10. The van der Waals surface area contributed by atoms with Crippen LogP contribution < -0.4 is 5.32 Å². The van der Waals surface area contributed by atoms with E-state index in [-0.39, 0.29) is 12.5 Å². The second-order valence-electron chi connectivity index (χ2n) is 3.98. The van der Waals surface area contributed by atoms with Crippen LogP contribution in [0.2, 0.25) is 0 Å². The molecule has 94 valence electrons. The number of aliphatic hydroxyl groups is 1. The molecule has 0 unspecified atom stereocenters. The third-order valence-electron chi connectivity index (χ3n) is 2.88. The number of aromatic nitrogens is 1. The van der Waals surface area contributed by atoms with E-state index in [0.717, 1.165) is 0 Å². The number of amides is 1. The van der Waals surface area contributed by atoms with E-state index in [2.05, 4.69) is 26.2 Å². The van der Waals surface area contributed by atoms with E-state index in [4.69, 9.17) is 0 Å². The molecular formula is C12H17BrN2O2. The number of carbonyl (C=O) groups excluding carboxylic acids is 1. The molecule has 0 saturated heterocycles. The molecule has 0 aliphatic carbocycles. The summed E-state index contributed by atoms with van der Waals surface area (Å²) in [7, 11) is 0. The Labute approximate surface area is 110 Å². The van der Waals surface area contributed by atoms with Gasteiger partial charge in [0.25, 0.3) is 5.91 Å². The van der Waals surface area contributed by atoms with Crippen LogP contribution in [0, 0.1) is 0 Å². The van der Waals surface area contributed by atoms with Crippen molar-refractivity contribution in [2.45, 2.75) is 32.3 Å². The molecule has 0 fully saturated rings. The van der Waals surface area contributed by atoms with Crippen LogP contribution >= 0.6 is 15.9 Å². The fourth-order valence-electron chi connectivity index (χ4n) is 1.39. The first-order valence-corrected chi connectivity index (χ1v) is 6.42. The molecule has 0 atom stereocenters. The number of carbonyl (C=O) groups is 1. The van der Waals surface area contributed by atoms with E-state index in [1.165, 1.54) is 0 Å². The lowest BCUT2D eigenvalue weighted by atomic mass is 9.97. The van der Waals surface area contributed by atoms with Crippen LogP contribution in [0.15, 0.2) is 22.9 Å². The average molecular weight is 301 g/mol. The summed E-state index contributed by atoms with van der Waals surface area (Å²) in [5.41, 5.74) is -0.290. The maximum absolute atomic E-state index is 11.8. The molecule has 1 amide bonds. The average Bonchev–Trinajstić information content (AvgIpc) is 2.35. The van der Waals surface area contributed by atoms with Crippen LogP contribution in [0.1, 0.15) is 37.0 Å². The van der Waals surface area contributed by atoms with Gasteiger partial charge in [-0.1, -0.05) is 13.8 Å². The van der Waals surface area contributed by atoms with Gasteiger partial charge in [0.15, 0.2) is 0 Å². The fraction of sp³-hybridized carbons (Fsp3) is 0.500. The highest BCUT2D eigenvalue weighted by atomic mass is 79.9. The second-order valence-corrected chi connectivity index (χ2v) is 4.79. The molecule has 0 aliphatic rings. The SMILES string of the molecule is CCC(O)(CC)CNC(=O)c1ccnc(Br)c1. The largest absolute Gasteiger partial charge is 0.388 e. The summed E-state index contributed by atoms with van der Waals surface area (Å²) < 4.78 is 0.617. The summed E-state index contributed by atoms with van der Waals surface area (Å²) >= 11 is 3.21. The normalized spacial score (nSPS) is 11.3. The summed E-state index contributed by atoms with van der Waals surface area (Å²) in [6, 6.07) is 3.28. The lowest BCUT2D eigenvalue weighted by molar-refractivity contribution is 0.0314. The highest BCUT2D eigenvalue weighted by Gasteiger charge is 2.22. The summed E-state index contributed by atoms with van der Waals surface area (Å²) in [6.45, 7) is 4.07. The molecule has 0 bridgehead atoms. The van der Waals surface area contributed by atoms with Crippen molar-refractivity contribution in [3.05, 3.63) is 28.5 Å². The van der Waals surface area contributed by atoms with Crippen molar-refractivity contribution in [3.63, 3.8) is 0 Å². The van der Waals surface area contributed by atoms with Gasteiger partial charge in [-0.05, 0) is 40.9 Å².